The van der Waals surface area contributed by atoms with E-state index in [2.05, 4.69) is 27.6 Å². The van der Waals surface area contributed by atoms with Gasteiger partial charge in [0.25, 0.3) is 0 Å². The van der Waals surface area contributed by atoms with Crippen LogP contribution in [-0.2, 0) is 9.59 Å². The van der Waals surface area contributed by atoms with Crippen molar-refractivity contribution in [2.75, 3.05) is 17.2 Å². The molecule has 2 rings (SSSR count). The number of carbonyl (C=O) groups is 2. The summed E-state index contributed by atoms with van der Waals surface area (Å²) in [6.07, 6.45) is 2.28. The second-order valence-corrected chi connectivity index (χ2v) is 7.11. The number of nitrogens with zero attached hydrogens (tertiary/aromatic N) is 2. The summed E-state index contributed by atoms with van der Waals surface area (Å²) in [4.78, 5) is 29.1. The van der Waals surface area contributed by atoms with Crippen molar-refractivity contribution in [2.45, 2.75) is 20.3 Å². The molecule has 0 aliphatic carbocycles. The molecule has 19 heavy (non-hydrogen) atoms. The summed E-state index contributed by atoms with van der Waals surface area (Å²) < 4.78 is 1.06. The number of rotatable bonds is 3. The molecule has 1 aromatic rings. The summed E-state index contributed by atoms with van der Waals surface area (Å²) in [5.74, 6) is 1.80. The molecule has 102 valence electrons. The van der Waals surface area contributed by atoms with Gasteiger partial charge in [-0.05, 0) is 47.1 Å². The first-order valence-corrected chi connectivity index (χ1v) is 8.09. The van der Waals surface area contributed by atoms with Gasteiger partial charge in [-0.15, -0.1) is 0 Å². The highest BCUT2D eigenvalue weighted by atomic mass is 127. The molecule has 0 radical (unpaired) electrons. The van der Waals surface area contributed by atoms with E-state index in [0.717, 1.165) is 15.0 Å². The van der Waals surface area contributed by atoms with Crippen LogP contribution in [0.5, 0.6) is 0 Å². The number of hydrogen-bond acceptors (Lipinski definition) is 4. The van der Waals surface area contributed by atoms with E-state index in [9.17, 15) is 9.59 Å². The lowest BCUT2D eigenvalue weighted by molar-refractivity contribution is -0.117. The van der Waals surface area contributed by atoms with Gasteiger partial charge in [0.2, 0.25) is 5.91 Å². The van der Waals surface area contributed by atoms with Gasteiger partial charge in [-0.25, -0.2) is 4.98 Å². The minimum absolute atomic E-state index is 0.103. The van der Waals surface area contributed by atoms with Gasteiger partial charge in [0, 0.05) is 35.4 Å². The number of pyridine rings is 1. The highest BCUT2D eigenvalue weighted by molar-refractivity contribution is 14.1. The van der Waals surface area contributed by atoms with Gasteiger partial charge in [-0.3, -0.25) is 14.5 Å². The van der Waals surface area contributed by atoms with E-state index in [1.165, 1.54) is 11.8 Å². The molecule has 0 aromatic carbocycles. The number of hydrogen-bond donors (Lipinski definition) is 0. The molecule has 1 unspecified atom stereocenters. The Morgan fingerprint density at radius 3 is 3.00 bits per heavy atom. The molecule has 1 aliphatic heterocycles. The van der Waals surface area contributed by atoms with Crippen LogP contribution in [-0.4, -0.2) is 28.3 Å². The Balaban J connectivity index is 2.09. The Morgan fingerprint density at radius 2 is 2.37 bits per heavy atom. The summed E-state index contributed by atoms with van der Waals surface area (Å²) >= 11 is 3.50. The predicted octanol–water partition coefficient (Wildman–Crippen LogP) is 2.63. The highest BCUT2D eigenvalue weighted by Crippen LogP contribution is 2.28. The van der Waals surface area contributed by atoms with Crippen LogP contribution in [0, 0.1) is 16.4 Å². The quantitative estimate of drug-likeness (QED) is 0.745. The summed E-state index contributed by atoms with van der Waals surface area (Å²) in [6.45, 7) is 4.19. The van der Waals surface area contributed by atoms with Crippen molar-refractivity contribution in [3.63, 3.8) is 0 Å². The first kappa shape index (κ1) is 14.8. The van der Waals surface area contributed by atoms with Crippen molar-refractivity contribution in [2.24, 2.45) is 5.92 Å². The smallest absolute Gasteiger partial charge is 0.228 e. The zero-order valence-electron chi connectivity index (χ0n) is 10.9. The maximum Gasteiger partial charge on any atom is 0.228 e. The summed E-state index contributed by atoms with van der Waals surface area (Å²) in [7, 11) is 0. The van der Waals surface area contributed by atoms with Gasteiger partial charge >= 0.3 is 0 Å². The zero-order chi connectivity index (χ0) is 14.0. The number of aryl methyl sites for hydroxylation is 1. The largest absolute Gasteiger partial charge is 0.296 e. The first-order chi connectivity index (χ1) is 8.97. The van der Waals surface area contributed by atoms with E-state index in [-0.39, 0.29) is 16.9 Å². The molecule has 0 bridgehead atoms. The van der Waals surface area contributed by atoms with Gasteiger partial charge < -0.3 is 0 Å². The SMILES string of the molecule is CC(=O)SCC1CC(=O)N(c2ncc(I)cc2C)C1. The van der Waals surface area contributed by atoms with Crippen LogP contribution in [0.4, 0.5) is 5.82 Å². The maximum absolute atomic E-state index is 12.1. The summed E-state index contributed by atoms with van der Waals surface area (Å²) in [5, 5.41) is 0.106. The standard InChI is InChI=1S/C13H15IN2O2S/c1-8-3-11(14)5-15-13(8)16-6-10(4-12(16)18)7-19-9(2)17/h3,5,10H,4,6-7H2,1-2H3. The Kier molecular flexibility index (Phi) is 4.83. The minimum Gasteiger partial charge on any atom is -0.296 e. The molecular weight excluding hydrogens is 375 g/mol. The molecule has 1 atom stereocenters. The number of halogens is 1. The Bertz CT molecular complexity index is 521. The van der Waals surface area contributed by atoms with E-state index in [1.807, 2.05) is 13.0 Å². The highest BCUT2D eigenvalue weighted by Gasteiger charge is 2.32. The number of anilines is 1. The van der Waals surface area contributed by atoms with Crippen molar-refractivity contribution < 1.29 is 9.59 Å². The van der Waals surface area contributed by atoms with E-state index in [0.29, 0.717) is 18.7 Å². The van der Waals surface area contributed by atoms with Crippen molar-refractivity contribution in [1.29, 1.82) is 0 Å². The topological polar surface area (TPSA) is 50.3 Å². The molecule has 0 spiro atoms. The van der Waals surface area contributed by atoms with Crippen LogP contribution in [0.1, 0.15) is 18.9 Å². The van der Waals surface area contributed by atoms with Crippen molar-refractivity contribution >= 4 is 51.2 Å². The van der Waals surface area contributed by atoms with E-state index < -0.39 is 0 Å². The van der Waals surface area contributed by atoms with Gasteiger partial charge in [-0.2, -0.15) is 0 Å². The van der Waals surface area contributed by atoms with Crippen molar-refractivity contribution in [3.05, 3.63) is 21.4 Å². The molecule has 1 amide bonds. The molecule has 4 nitrogen and oxygen atoms in total. The van der Waals surface area contributed by atoms with Gasteiger partial charge in [0.1, 0.15) is 5.82 Å². The second kappa shape index (κ2) is 6.21. The lowest BCUT2D eigenvalue weighted by atomic mass is 10.1. The van der Waals surface area contributed by atoms with E-state index >= 15 is 0 Å². The maximum atomic E-state index is 12.1. The van der Waals surface area contributed by atoms with Gasteiger partial charge in [0.15, 0.2) is 5.12 Å². The normalized spacial score (nSPS) is 19.0. The average molecular weight is 390 g/mol. The number of carbonyl (C=O) groups excluding carboxylic acids is 2. The first-order valence-electron chi connectivity index (χ1n) is 6.03. The average Bonchev–Trinajstić information content (AvgIpc) is 2.68. The number of amides is 1. The van der Waals surface area contributed by atoms with Crippen LogP contribution >= 0.6 is 34.4 Å². The molecule has 2 heterocycles. The Hall–Kier alpha value is -0.630. The molecular formula is C13H15IN2O2S. The number of aromatic nitrogens is 1. The fourth-order valence-electron chi connectivity index (χ4n) is 2.15. The number of thioether (sulfide) groups is 1. The monoisotopic (exact) mass is 390 g/mol. The van der Waals surface area contributed by atoms with Gasteiger partial charge in [0.05, 0.1) is 0 Å². The molecule has 0 saturated carbocycles. The molecule has 1 saturated heterocycles. The van der Waals surface area contributed by atoms with Crippen LogP contribution in [0.15, 0.2) is 12.3 Å². The van der Waals surface area contributed by atoms with Crippen LogP contribution in [0.25, 0.3) is 0 Å². The molecule has 1 aliphatic rings. The van der Waals surface area contributed by atoms with Gasteiger partial charge in [-0.1, -0.05) is 11.8 Å². The minimum atomic E-state index is 0.103. The van der Waals surface area contributed by atoms with E-state index in [4.69, 9.17) is 0 Å². The fourth-order valence-corrected chi connectivity index (χ4v) is 3.45. The third-order valence-electron chi connectivity index (χ3n) is 3.00. The van der Waals surface area contributed by atoms with Crippen LogP contribution in [0.2, 0.25) is 0 Å². The van der Waals surface area contributed by atoms with Crippen molar-refractivity contribution in [3.8, 4) is 0 Å². The molecule has 1 fully saturated rings. The third-order valence-corrected chi connectivity index (χ3v) is 4.63. The Morgan fingerprint density at radius 1 is 1.63 bits per heavy atom. The third kappa shape index (κ3) is 3.68. The Labute approximate surface area is 130 Å². The predicted molar refractivity (Wildman–Crippen MR) is 85.3 cm³/mol. The molecule has 1 aromatic heterocycles. The lowest BCUT2D eigenvalue weighted by Gasteiger charge is -2.17. The van der Waals surface area contributed by atoms with Crippen LogP contribution < -0.4 is 4.90 Å². The van der Waals surface area contributed by atoms with E-state index in [1.54, 1.807) is 18.0 Å². The van der Waals surface area contributed by atoms with Crippen LogP contribution in [0.3, 0.4) is 0 Å². The fraction of sp³-hybridized carbons (Fsp3) is 0.462. The molecule has 0 N–H and O–H groups in total. The van der Waals surface area contributed by atoms with Crippen molar-refractivity contribution in [1.82, 2.24) is 4.98 Å². The zero-order valence-corrected chi connectivity index (χ0v) is 13.8. The summed E-state index contributed by atoms with van der Waals surface area (Å²) in [6, 6.07) is 2.02. The second-order valence-electron chi connectivity index (χ2n) is 4.67. The molecule has 6 heteroatoms. The summed E-state index contributed by atoms with van der Waals surface area (Å²) in [5.41, 5.74) is 1.01. The lowest BCUT2D eigenvalue weighted by Crippen LogP contribution is -2.26.